The Morgan fingerprint density at radius 2 is 1.67 bits per heavy atom. The lowest BCUT2D eigenvalue weighted by molar-refractivity contribution is -0.122. The summed E-state index contributed by atoms with van der Waals surface area (Å²) in [7, 11) is 0. The molecule has 98 valence electrons. The van der Waals surface area contributed by atoms with Gasteiger partial charge in [0.05, 0.1) is 13.1 Å². The predicted octanol–water partition coefficient (Wildman–Crippen LogP) is 1.03. The molecular weight excluding hydrogens is 228 g/mol. The minimum atomic E-state index is -0.217. The maximum atomic E-state index is 11.3. The van der Waals surface area contributed by atoms with Crippen molar-refractivity contribution in [2.75, 3.05) is 6.67 Å². The quantitative estimate of drug-likeness (QED) is 0.564. The Bertz CT molecular complexity index is 391. The molecule has 0 heterocycles. The Labute approximate surface area is 109 Å². The number of amides is 2. The zero-order chi connectivity index (χ0) is 13.8. The third-order valence-electron chi connectivity index (χ3n) is 1.83. The number of nitrogens with one attached hydrogen (secondary N) is 2. The molecule has 0 aliphatic rings. The van der Waals surface area contributed by atoms with Crippen molar-refractivity contribution < 1.29 is 9.59 Å². The van der Waals surface area contributed by atoms with Crippen molar-refractivity contribution in [3.05, 3.63) is 0 Å². The van der Waals surface area contributed by atoms with E-state index in [0.717, 1.165) is 6.42 Å². The molecule has 0 saturated carbocycles. The summed E-state index contributed by atoms with van der Waals surface area (Å²) in [6, 6.07) is 0. The summed E-state index contributed by atoms with van der Waals surface area (Å²) in [5.74, 6) is 10.7. The zero-order valence-electron chi connectivity index (χ0n) is 11.2. The van der Waals surface area contributed by atoms with Gasteiger partial charge in [0.15, 0.2) is 0 Å². The summed E-state index contributed by atoms with van der Waals surface area (Å²) >= 11 is 0. The SMILES string of the molecule is CCC#CC#CCC(=O)NCNC(=O)CC(C)C. The van der Waals surface area contributed by atoms with Gasteiger partial charge in [-0.3, -0.25) is 9.59 Å². The fourth-order valence-corrected chi connectivity index (χ4v) is 1.05. The fraction of sp³-hybridized carbons (Fsp3) is 0.571. The average molecular weight is 248 g/mol. The molecule has 0 aliphatic carbocycles. The van der Waals surface area contributed by atoms with Crippen LogP contribution in [0.15, 0.2) is 0 Å². The number of hydrogen-bond acceptors (Lipinski definition) is 2. The lowest BCUT2D eigenvalue weighted by atomic mass is 10.1. The van der Waals surface area contributed by atoms with Crippen molar-refractivity contribution in [1.82, 2.24) is 10.6 Å². The Hall–Kier alpha value is -1.94. The van der Waals surface area contributed by atoms with Crippen LogP contribution in [0.4, 0.5) is 0 Å². The largest absolute Gasteiger partial charge is 0.339 e. The molecule has 18 heavy (non-hydrogen) atoms. The number of hydrogen-bond donors (Lipinski definition) is 2. The second-order valence-corrected chi connectivity index (χ2v) is 4.11. The molecule has 0 rings (SSSR count). The molecule has 0 aromatic rings. The molecule has 4 nitrogen and oxygen atoms in total. The van der Waals surface area contributed by atoms with Gasteiger partial charge in [0.25, 0.3) is 0 Å². The normalized spacial score (nSPS) is 8.67. The van der Waals surface area contributed by atoms with Gasteiger partial charge >= 0.3 is 0 Å². The summed E-state index contributed by atoms with van der Waals surface area (Å²) < 4.78 is 0. The van der Waals surface area contributed by atoms with Crippen LogP contribution < -0.4 is 10.6 Å². The van der Waals surface area contributed by atoms with Gasteiger partial charge in [-0.25, -0.2) is 0 Å². The second kappa shape index (κ2) is 10.2. The lowest BCUT2D eigenvalue weighted by Gasteiger charge is -2.07. The highest BCUT2D eigenvalue weighted by Crippen LogP contribution is 1.97. The van der Waals surface area contributed by atoms with Gasteiger partial charge in [-0.15, -0.1) is 0 Å². The second-order valence-electron chi connectivity index (χ2n) is 4.11. The zero-order valence-corrected chi connectivity index (χ0v) is 11.2. The molecule has 0 unspecified atom stereocenters. The molecular formula is C14H20N2O2. The Morgan fingerprint density at radius 3 is 2.28 bits per heavy atom. The van der Waals surface area contributed by atoms with E-state index in [1.807, 2.05) is 20.8 Å². The first-order valence-electron chi connectivity index (χ1n) is 6.05. The minimum Gasteiger partial charge on any atom is -0.339 e. The van der Waals surface area contributed by atoms with Crippen LogP contribution in [0.2, 0.25) is 0 Å². The number of rotatable bonds is 5. The van der Waals surface area contributed by atoms with Gasteiger partial charge in [0.1, 0.15) is 0 Å². The van der Waals surface area contributed by atoms with Crippen molar-refractivity contribution >= 4 is 11.8 Å². The molecule has 0 spiro atoms. The summed E-state index contributed by atoms with van der Waals surface area (Å²) in [6.07, 6.45) is 1.31. The topological polar surface area (TPSA) is 58.2 Å². The van der Waals surface area contributed by atoms with E-state index >= 15 is 0 Å². The smallest absolute Gasteiger partial charge is 0.233 e. The molecule has 0 saturated heterocycles. The van der Waals surface area contributed by atoms with E-state index in [1.54, 1.807) is 0 Å². The van der Waals surface area contributed by atoms with Crippen LogP contribution in [0.25, 0.3) is 0 Å². The molecule has 0 aromatic heterocycles. The highest BCUT2D eigenvalue weighted by molar-refractivity contribution is 5.80. The molecule has 0 fully saturated rings. The molecule has 0 atom stereocenters. The van der Waals surface area contributed by atoms with Crippen LogP contribution in [0.5, 0.6) is 0 Å². The predicted molar refractivity (Wildman–Crippen MR) is 71.1 cm³/mol. The highest BCUT2D eigenvalue weighted by Gasteiger charge is 2.04. The van der Waals surface area contributed by atoms with Crippen molar-refractivity contribution in [2.45, 2.75) is 40.0 Å². The van der Waals surface area contributed by atoms with Gasteiger partial charge < -0.3 is 10.6 Å². The molecule has 2 N–H and O–H groups in total. The number of carbonyl (C=O) groups excluding carboxylic acids is 2. The van der Waals surface area contributed by atoms with Crippen molar-refractivity contribution in [3.63, 3.8) is 0 Å². The van der Waals surface area contributed by atoms with Crippen LogP contribution in [-0.2, 0) is 9.59 Å². The van der Waals surface area contributed by atoms with Crippen LogP contribution in [0.3, 0.4) is 0 Å². The maximum Gasteiger partial charge on any atom is 0.233 e. The highest BCUT2D eigenvalue weighted by atomic mass is 16.2. The Morgan fingerprint density at radius 1 is 1.06 bits per heavy atom. The molecule has 0 aliphatic heterocycles. The number of carbonyl (C=O) groups is 2. The molecule has 0 aromatic carbocycles. The fourth-order valence-electron chi connectivity index (χ4n) is 1.05. The van der Waals surface area contributed by atoms with Crippen LogP contribution in [0.1, 0.15) is 40.0 Å². The van der Waals surface area contributed by atoms with Gasteiger partial charge in [-0.05, 0) is 17.8 Å². The third kappa shape index (κ3) is 10.6. The first kappa shape index (κ1) is 16.1. The van der Waals surface area contributed by atoms with Crippen LogP contribution in [-0.4, -0.2) is 18.5 Å². The van der Waals surface area contributed by atoms with Gasteiger partial charge in [-0.1, -0.05) is 32.6 Å². The third-order valence-corrected chi connectivity index (χ3v) is 1.83. The molecule has 0 radical (unpaired) electrons. The van der Waals surface area contributed by atoms with Crippen LogP contribution in [0, 0.1) is 29.6 Å². The Kier molecular flexibility index (Phi) is 9.13. The maximum absolute atomic E-state index is 11.3. The van der Waals surface area contributed by atoms with Gasteiger partial charge in [-0.2, -0.15) is 0 Å². The van der Waals surface area contributed by atoms with Gasteiger partial charge in [0.2, 0.25) is 11.8 Å². The van der Waals surface area contributed by atoms with E-state index < -0.39 is 0 Å². The van der Waals surface area contributed by atoms with E-state index in [2.05, 4.69) is 34.3 Å². The lowest BCUT2D eigenvalue weighted by Crippen LogP contribution is -2.37. The minimum absolute atomic E-state index is 0.0646. The molecule has 2 amide bonds. The summed E-state index contributed by atoms with van der Waals surface area (Å²) in [4.78, 5) is 22.5. The van der Waals surface area contributed by atoms with E-state index in [0.29, 0.717) is 12.3 Å². The molecule has 4 heteroatoms. The van der Waals surface area contributed by atoms with Gasteiger partial charge in [0, 0.05) is 12.8 Å². The summed E-state index contributed by atoms with van der Waals surface area (Å²) in [5, 5.41) is 5.16. The van der Waals surface area contributed by atoms with E-state index in [4.69, 9.17) is 0 Å². The standard InChI is InChI=1S/C14H20N2O2/c1-4-5-6-7-8-9-13(17)15-11-16-14(18)10-12(2)3/h12H,4,9-11H2,1-3H3,(H,15,17)(H,16,18). The first-order valence-corrected chi connectivity index (χ1v) is 6.05. The van der Waals surface area contributed by atoms with Crippen LogP contribution >= 0.6 is 0 Å². The van der Waals surface area contributed by atoms with Crippen molar-refractivity contribution in [3.8, 4) is 23.7 Å². The van der Waals surface area contributed by atoms with E-state index in [9.17, 15) is 9.59 Å². The van der Waals surface area contributed by atoms with E-state index in [-0.39, 0.29) is 24.9 Å². The average Bonchev–Trinajstić information content (AvgIpc) is 2.27. The van der Waals surface area contributed by atoms with E-state index in [1.165, 1.54) is 0 Å². The monoisotopic (exact) mass is 248 g/mol. The Balaban J connectivity index is 3.70. The first-order chi connectivity index (χ1) is 8.56. The summed E-state index contributed by atoms with van der Waals surface area (Å²) in [6.45, 7) is 6.00. The van der Waals surface area contributed by atoms with Crippen molar-refractivity contribution in [2.24, 2.45) is 5.92 Å². The molecule has 0 bridgehead atoms. The van der Waals surface area contributed by atoms with Crippen molar-refractivity contribution in [1.29, 1.82) is 0 Å². The summed E-state index contributed by atoms with van der Waals surface area (Å²) in [5.41, 5.74) is 0.